The Morgan fingerprint density at radius 1 is 1.41 bits per heavy atom. The summed E-state index contributed by atoms with van der Waals surface area (Å²) in [5.41, 5.74) is 6.46. The van der Waals surface area contributed by atoms with E-state index < -0.39 is 11.7 Å². The monoisotopic (exact) mass is 405 g/mol. The highest BCUT2D eigenvalue weighted by atomic mass is 16.6. The average molecular weight is 406 g/mol. The Labute approximate surface area is 174 Å². The van der Waals surface area contributed by atoms with E-state index in [1.165, 1.54) is 4.90 Å². The maximum atomic E-state index is 13.2. The van der Waals surface area contributed by atoms with Crippen LogP contribution >= 0.6 is 0 Å². The first-order valence-electron chi connectivity index (χ1n) is 10.2. The molecular weight excluding hydrogens is 370 g/mol. The fraction of sp³-hybridized carbons (Fsp3) is 0.636. The molecule has 2 amide bonds. The zero-order valence-electron chi connectivity index (χ0n) is 18.7. The van der Waals surface area contributed by atoms with Crippen molar-refractivity contribution in [3.05, 3.63) is 23.8 Å². The van der Waals surface area contributed by atoms with E-state index in [4.69, 9.17) is 15.2 Å². The van der Waals surface area contributed by atoms with E-state index in [1.54, 1.807) is 25.2 Å². The molecule has 1 aliphatic heterocycles. The van der Waals surface area contributed by atoms with Crippen molar-refractivity contribution in [1.29, 1.82) is 0 Å². The molecule has 1 aromatic rings. The van der Waals surface area contributed by atoms with Gasteiger partial charge in [0.25, 0.3) is 5.91 Å². The average Bonchev–Trinajstić information content (AvgIpc) is 2.63. The summed E-state index contributed by atoms with van der Waals surface area (Å²) in [6, 6.07) is 5.31. The summed E-state index contributed by atoms with van der Waals surface area (Å²) in [6.45, 7) is 12.5. The Morgan fingerprint density at radius 3 is 2.66 bits per heavy atom. The second kappa shape index (κ2) is 8.93. The summed E-state index contributed by atoms with van der Waals surface area (Å²) < 4.78 is 11.7. The van der Waals surface area contributed by atoms with E-state index in [2.05, 4.69) is 6.92 Å². The lowest BCUT2D eigenvalue weighted by Gasteiger charge is -2.38. The number of hydrogen-bond acceptors (Lipinski definition) is 5. The number of para-hydroxylation sites is 1. The second-order valence-corrected chi connectivity index (χ2v) is 8.93. The van der Waals surface area contributed by atoms with E-state index in [-0.39, 0.29) is 24.0 Å². The molecule has 0 radical (unpaired) electrons. The molecule has 0 aromatic heterocycles. The molecule has 0 fully saturated rings. The van der Waals surface area contributed by atoms with E-state index in [1.807, 2.05) is 39.5 Å². The van der Waals surface area contributed by atoms with Crippen molar-refractivity contribution >= 4 is 17.7 Å². The number of hydrogen-bond donors (Lipinski definition) is 1. The number of carbonyl (C=O) groups is 2. The normalized spacial score (nSPS) is 20.8. The Balaban J connectivity index is 2.35. The molecule has 0 bridgehead atoms. The smallest absolute Gasteiger partial charge is 0.410 e. The van der Waals surface area contributed by atoms with Gasteiger partial charge in [-0.1, -0.05) is 19.9 Å². The van der Waals surface area contributed by atoms with E-state index in [0.717, 1.165) is 6.42 Å². The maximum absolute atomic E-state index is 13.2. The van der Waals surface area contributed by atoms with Crippen LogP contribution in [-0.4, -0.2) is 59.7 Å². The summed E-state index contributed by atoms with van der Waals surface area (Å²) in [4.78, 5) is 29.0. The topological polar surface area (TPSA) is 85.1 Å². The summed E-state index contributed by atoms with van der Waals surface area (Å²) in [5.74, 6) is 0.304. The lowest BCUT2D eigenvalue weighted by Crippen LogP contribution is -2.50. The molecule has 0 saturated heterocycles. The molecular formula is C22H35N3O4. The molecule has 0 aliphatic carbocycles. The number of likely N-dealkylation sites (N-methyl/N-ethyl adjacent to an activating group) is 1. The van der Waals surface area contributed by atoms with Gasteiger partial charge in [0.15, 0.2) is 5.75 Å². The van der Waals surface area contributed by atoms with Crippen LogP contribution < -0.4 is 10.5 Å². The molecule has 162 valence electrons. The lowest BCUT2D eigenvalue weighted by atomic mass is 9.98. The van der Waals surface area contributed by atoms with Gasteiger partial charge in [0, 0.05) is 25.6 Å². The van der Waals surface area contributed by atoms with E-state index >= 15 is 0 Å². The Morgan fingerprint density at radius 2 is 2.07 bits per heavy atom. The molecule has 3 atom stereocenters. The van der Waals surface area contributed by atoms with Crippen LogP contribution in [0.15, 0.2) is 18.2 Å². The number of amides is 2. The third kappa shape index (κ3) is 5.55. The predicted molar refractivity (Wildman–Crippen MR) is 114 cm³/mol. The number of rotatable bonds is 4. The van der Waals surface area contributed by atoms with Crippen molar-refractivity contribution in [3.63, 3.8) is 0 Å². The number of nitrogens with two attached hydrogens (primary N) is 1. The minimum Gasteiger partial charge on any atom is -0.485 e. The van der Waals surface area contributed by atoms with Gasteiger partial charge in [0.2, 0.25) is 0 Å². The van der Waals surface area contributed by atoms with Crippen LogP contribution in [0.5, 0.6) is 5.75 Å². The number of nitrogens with zero attached hydrogens (tertiary/aromatic N) is 2. The van der Waals surface area contributed by atoms with Crippen LogP contribution in [-0.2, 0) is 4.74 Å². The molecule has 1 aromatic carbocycles. The SMILES string of the molecule is CC[C@H](C)N1C[C@@H](C)[C@H](CN(C)C(=O)OC(C)(C)C)Oc2c(N)cccc2C1=O. The summed E-state index contributed by atoms with van der Waals surface area (Å²) in [6.07, 6.45) is 0.0986. The first kappa shape index (κ1) is 22.8. The number of nitrogen functional groups attached to an aromatic ring is 1. The third-order valence-corrected chi connectivity index (χ3v) is 5.21. The zero-order chi connectivity index (χ0) is 21.9. The summed E-state index contributed by atoms with van der Waals surface area (Å²) in [7, 11) is 1.69. The molecule has 7 heteroatoms. The number of anilines is 1. The van der Waals surface area contributed by atoms with Gasteiger partial charge in [0.1, 0.15) is 11.7 Å². The van der Waals surface area contributed by atoms with Crippen molar-refractivity contribution < 1.29 is 19.1 Å². The highest BCUT2D eigenvalue weighted by molar-refractivity contribution is 5.99. The standard InChI is InChI=1S/C22H35N3O4/c1-8-15(3)25-12-14(2)18(13-24(7)21(27)29-22(4,5)6)28-19-16(20(25)26)10-9-11-17(19)23/h9-11,14-15,18H,8,12-13,23H2,1-7H3/t14-,15+,18+/m1/s1. The van der Waals surface area contributed by atoms with Crippen molar-refractivity contribution in [2.45, 2.75) is 65.7 Å². The minimum absolute atomic E-state index is 0.00871. The second-order valence-electron chi connectivity index (χ2n) is 8.93. The van der Waals surface area contributed by atoms with Crippen molar-refractivity contribution in [3.8, 4) is 5.75 Å². The molecule has 7 nitrogen and oxygen atoms in total. The largest absolute Gasteiger partial charge is 0.485 e. The first-order chi connectivity index (χ1) is 13.4. The maximum Gasteiger partial charge on any atom is 0.410 e. The molecule has 0 spiro atoms. The Kier molecular flexibility index (Phi) is 7.03. The number of ether oxygens (including phenoxy) is 2. The molecule has 29 heavy (non-hydrogen) atoms. The number of benzene rings is 1. The fourth-order valence-corrected chi connectivity index (χ4v) is 3.29. The molecule has 2 N–H and O–H groups in total. The summed E-state index contributed by atoms with van der Waals surface area (Å²) in [5, 5.41) is 0. The van der Waals surface area contributed by atoms with Crippen molar-refractivity contribution in [2.75, 3.05) is 25.9 Å². The Bertz CT molecular complexity index is 744. The van der Waals surface area contributed by atoms with Gasteiger partial charge < -0.3 is 25.0 Å². The van der Waals surface area contributed by atoms with Gasteiger partial charge in [-0.05, 0) is 46.2 Å². The van der Waals surface area contributed by atoms with Gasteiger partial charge >= 0.3 is 6.09 Å². The van der Waals surface area contributed by atoms with Gasteiger partial charge in [-0.15, -0.1) is 0 Å². The minimum atomic E-state index is -0.574. The molecule has 2 rings (SSSR count). The third-order valence-electron chi connectivity index (χ3n) is 5.21. The van der Waals surface area contributed by atoms with Crippen molar-refractivity contribution in [2.24, 2.45) is 5.92 Å². The molecule has 0 saturated carbocycles. The van der Waals surface area contributed by atoms with Gasteiger partial charge in [-0.3, -0.25) is 4.79 Å². The van der Waals surface area contributed by atoms with E-state index in [9.17, 15) is 9.59 Å². The fourth-order valence-electron chi connectivity index (χ4n) is 3.29. The number of fused-ring (bicyclic) bond motifs is 1. The molecule has 1 aliphatic rings. The lowest BCUT2D eigenvalue weighted by molar-refractivity contribution is 0.0127. The van der Waals surface area contributed by atoms with Gasteiger partial charge in [-0.25, -0.2) is 4.79 Å². The predicted octanol–water partition coefficient (Wildman–Crippen LogP) is 3.77. The number of carbonyl (C=O) groups excluding carboxylic acids is 2. The van der Waals surface area contributed by atoms with Crippen LogP contribution in [0.3, 0.4) is 0 Å². The van der Waals surface area contributed by atoms with E-state index in [0.29, 0.717) is 30.1 Å². The highest BCUT2D eigenvalue weighted by Gasteiger charge is 2.34. The van der Waals surface area contributed by atoms with Crippen LogP contribution in [0.2, 0.25) is 0 Å². The van der Waals surface area contributed by atoms with Crippen molar-refractivity contribution in [1.82, 2.24) is 9.80 Å². The summed E-state index contributed by atoms with van der Waals surface area (Å²) >= 11 is 0. The van der Waals surface area contributed by atoms with Crippen LogP contribution in [0.25, 0.3) is 0 Å². The van der Waals surface area contributed by atoms with Crippen LogP contribution in [0.4, 0.5) is 10.5 Å². The van der Waals surface area contributed by atoms with Gasteiger partial charge in [-0.2, -0.15) is 0 Å². The zero-order valence-corrected chi connectivity index (χ0v) is 18.7. The highest BCUT2D eigenvalue weighted by Crippen LogP contribution is 2.33. The Hall–Kier alpha value is -2.44. The van der Waals surface area contributed by atoms with Crippen LogP contribution in [0, 0.1) is 5.92 Å². The van der Waals surface area contributed by atoms with Gasteiger partial charge in [0.05, 0.1) is 17.8 Å². The first-order valence-corrected chi connectivity index (χ1v) is 10.2. The molecule has 0 unspecified atom stereocenters. The van der Waals surface area contributed by atoms with Crippen LogP contribution in [0.1, 0.15) is 58.3 Å². The quantitative estimate of drug-likeness (QED) is 0.771. The molecule has 1 heterocycles.